The first-order chi connectivity index (χ1) is 9.35. The van der Waals surface area contributed by atoms with E-state index in [9.17, 15) is 8.42 Å². The number of likely N-dealkylation sites (tertiary alicyclic amines) is 1. The van der Waals surface area contributed by atoms with Gasteiger partial charge < -0.3 is 0 Å². The van der Waals surface area contributed by atoms with E-state index in [4.69, 9.17) is 5.14 Å². The number of primary sulfonamides is 1. The summed E-state index contributed by atoms with van der Waals surface area (Å²) in [4.78, 5) is 2.37. The average molecular weight is 296 g/mol. The van der Waals surface area contributed by atoms with Gasteiger partial charge in [-0.3, -0.25) is 4.90 Å². The maximum absolute atomic E-state index is 11.2. The van der Waals surface area contributed by atoms with E-state index >= 15 is 0 Å². The van der Waals surface area contributed by atoms with Gasteiger partial charge in [-0.2, -0.15) is 0 Å². The van der Waals surface area contributed by atoms with Crippen molar-refractivity contribution < 1.29 is 8.42 Å². The first-order valence-corrected chi connectivity index (χ1v) is 8.88. The van der Waals surface area contributed by atoms with Crippen LogP contribution in [-0.4, -0.2) is 32.2 Å². The number of hydrogen-bond acceptors (Lipinski definition) is 3. The molecule has 0 saturated carbocycles. The standard InChI is InChI=1S/C15H24N2O2S/c1-12-5-3-7-15(9-12)13(2)17-8-4-6-14(10-17)11-20(16,18)19/h3,5,7,9,13-14H,4,6,8,10-11H2,1-2H3,(H2,16,18,19)/t13-,14-/m0/s1. The van der Waals surface area contributed by atoms with Crippen molar-refractivity contribution >= 4 is 10.0 Å². The van der Waals surface area contributed by atoms with E-state index in [0.29, 0.717) is 6.04 Å². The number of piperidine rings is 1. The highest BCUT2D eigenvalue weighted by molar-refractivity contribution is 7.89. The van der Waals surface area contributed by atoms with Gasteiger partial charge in [-0.15, -0.1) is 0 Å². The van der Waals surface area contributed by atoms with Gasteiger partial charge in [0.25, 0.3) is 0 Å². The summed E-state index contributed by atoms with van der Waals surface area (Å²) in [6, 6.07) is 8.83. The second-order valence-corrected chi connectivity index (χ2v) is 7.58. The molecular formula is C15H24N2O2S. The number of aryl methyl sites for hydroxylation is 1. The minimum atomic E-state index is -3.37. The van der Waals surface area contributed by atoms with Crippen LogP contribution in [0.1, 0.15) is 36.9 Å². The van der Waals surface area contributed by atoms with Crippen LogP contribution < -0.4 is 5.14 Å². The largest absolute Gasteiger partial charge is 0.296 e. The van der Waals surface area contributed by atoms with Crippen molar-refractivity contribution in [1.82, 2.24) is 4.90 Å². The summed E-state index contributed by atoms with van der Waals surface area (Å²) in [6.45, 7) is 6.12. The second kappa shape index (κ2) is 6.24. The van der Waals surface area contributed by atoms with E-state index in [1.165, 1.54) is 11.1 Å². The molecule has 0 amide bonds. The molecule has 5 heteroatoms. The highest BCUT2D eigenvalue weighted by atomic mass is 32.2. The van der Waals surface area contributed by atoms with Crippen molar-refractivity contribution in [3.05, 3.63) is 35.4 Å². The van der Waals surface area contributed by atoms with E-state index in [1.54, 1.807) is 0 Å². The first-order valence-electron chi connectivity index (χ1n) is 7.16. The summed E-state index contributed by atoms with van der Waals surface area (Å²) in [6.07, 6.45) is 1.99. The summed E-state index contributed by atoms with van der Waals surface area (Å²) in [7, 11) is -3.37. The van der Waals surface area contributed by atoms with Crippen molar-refractivity contribution in [1.29, 1.82) is 0 Å². The third-order valence-electron chi connectivity index (χ3n) is 4.09. The fourth-order valence-corrected chi connectivity index (χ4v) is 3.98. The van der Waals surface area contributed by atoms with Crippen molar-refractivity contribution in [3.63, 3.8) is 0 Å². The van der Waals surface area contributed by atoms with E-state index in [1.807, 2.05) is 0 Å². The van der Waals surface area contributed by atoms with Gasteiger partial charge in [0.15, 0.2) is 0 Å². The Labute approximate surface area is 122 Å². The molecule has 1 saturated heterocycles. The van der Waals surface area contributed by atoms with Crippen LogP contribution in [0.4, 0.5) is 0 Å². The lowest BCUT2D eigenvalue weighted by molar-refractivity contribution is 0.140. The molecule has 0 aliphatic carbocycles. The molecule has 1 aromatic carbocycles. The van der Waals surface area contributed by atoms with Gasteiger partial charge in [0.05, 0.1) is 5.75 Å². The molecule has 0 aromatic heterocycles. The molecule has 2 N–H and O–H groups in total. The third-order valence-corrected chi connectivity index (χ3v) is 5.03. The molecule has 0 bridgehead atoms. The Bertz CT molecular complexity index is 557. The van der Waals surface area contributed by atoms with Crippen molar-refractivity contribution in [2.75, 3.05) is 18.8 Å². The minimum Gasteiger partial charge on any atom is -0.296 e. The van der Waals surface area contributed by atoms with Crippen molar-refractivity contribution in [2.24, 2.45) is 11.1 Å². The molecule has 1 aromatic rings. The monoisotopic (exact) mass is 296 g/mol. The number of nitrogens with two attached hydrogens (primary N) is 1. The van der Waals surface area contributed by atoms with E-state index < -0.39 is 10.0 Å². The molecule has 2 rings (SSSR count). The van der Waals surface area contributed by atoms with Crippen LogP contribution >= 0.6 is 0 Å². The molecule has 0 spiro atoms. The number of rotatable bonds is 4. The number of nitrogens with zero attached hydrogens (tertiary/aromatic N) is 1. The molecule has 112 valence electrons. The maximum Gasteiger partial charge on any atom is 0.209 e. The Morgan fingerprint density at radius 1 is 1.45 bits per heavy atom. The Balaban J connectivity index is 2.05. The van der Waals surface area contributed by atoms with E-state index in [-0.39, 0.29) is 11.7 Å². The maximum atomic E-state index is 11.2. The molecular weight excluding hydrogens is 272 g/mol. The first kappa shape index (κ1) is 15.5. The van der Waals surface area contributed by atoms with Crippen LogP contribution in [0.5, 0.6) is 0 Å². The number of sulfonamides is 1. The summed E-state index contributed by atoms with van der Waals surface area (Å²) in [5.41, 5.74) is 2.55. The van der Waals surface area contributed by atoms with Crippen LogP contribution in [0, 0.1) is 12.8 Å². The molecule has 1 heterocycles. The SMILES string of the molecule is Cc1cccc([C@H](C)N2CCC[C@H](CS(N)(=O)=O)C2)c1. The molecule has 2 atom stereocenters. The van der Waals surface area contributed by atoms with E-state index in [0.717, 1.165) is 25.9 Å². The quantitative estimate of drug-likeness (QED) is 0.925. The zero-order valence-corrected chi connectivity index (χ0v) is 13.1. The lowest BCUT2D eigenvalue weighted by Gasteiger charge is -2.36. The summed E-state index contributed by atoms with van der Waals surface area (Å²) < 4.78 is 22.5. The van der Waals surface area contributed by atoms with E-state index in [2.05, 4.69) is 43.0 Å². The van der Waals surface area contributed by atoms with Crippen molar-refractivity contribution in [3.8, 4) is 0 Å². The van der Waals surface area contributed by atoms with Crippen LogP contribution in [0.25, 0.3) is 0 Å². The molecule has 1 fully saturated rings. The van der Waals surface area contributed by atoms with Gasteiger partial charge >= 0.3 is 0 Å². The minimum absolute atomic E-state index is 0.101. The van der Waals surface area contributed by atoms with Gasteiger partial charge in [-0.1, -0.05) is 29.8 Å². The fourth-order valence-electron chi connectivity index (χ4n) is 3.05. The zero-order valence-electron chi connectivity index (χ0n) is 12.2. The van der Waals surface area contributed by atoms with Gasteiger partial charge in [0.2, 0.25) is 10.0 Å². The number of hydrogen-bond donors (Lipinski definition) is 1. The average Bonchev–Trinajstić information content (AvgIpc) is 2.36. The highest BCUT2D eigenvalue weighted by Gasteiger charge is 2.26. The highest BCUT2D eigenvalue weighted by Crippen LogP contribution is 2.27. The Kier molecular flexibility index (Phi) is 4.83. The second-order valence-electron chi connectivity index (χ2n) is 5.92. The summed E-state index contributed by atoms with van der Waals surface area (Å²) in [5.74, 6) is 0.260. The topological polar surface area (TPSA) is 63.4 Å². The molecule has 1 aliphatic heterocycles. The predicted molar refractivity (Wildman–Crippen MR) is 81.9 cm³/mol. The molecule has 20 heavy (non-hydrogen) atoms. The molecule has 4 nitrogen and oxygen atoms in total. The Hall–Kier alpha value is -0.910. The number of benzene rings is 1. The normalized spacial score (nSPS) is 22.6. The fraction of sp³-hybridized carbons (Fsp3) is 0.600. The van der Waals surface area contributed by atoms with Gasteiger partial charge in [-0.25, -0.2) is 13.6 Å². The van der Waals surface area contributed by atoms with Crippen molar-refractivity contribution in [2.45, 2.75) is 32.7 Å². The predicted octanol–water partition coefficient (Wildman–Crippen LogP) is 2.06. The molecule has 1 aliphatic rings. The summed E-state index contributed by atoms with van der Waals surface area (Å²) >= 11 is 0. The van der Waals surface area contributed by atoms with Crippen LogP contribution in [-0.2, 0) is 10.0 Å². The Morgan fingerprint density at radius 3 is 2.85 bits per heavy atom. The van der Waals surface area contributed by atoms with Gasteiger partial charge in [-0.05, 0) is 44.7 Å². The van der Waals surface area contributed by atoms with Crippen LogP contribution in [0.2, 0.25) is 0 Å². The smallest absolute Gasteiger partial charge is 0.209 e. The lowest BCUT2D eigenvalue weighted by atomic mass is 9.96. The van der Waals surface area contributed by atoms with Crippen LogP contribution in [0.3, 0.4) is 0 Å². The summed E-state index contributed by atoms with van der Waals surface area (Å²) in [5, 5.41) is 5.17. The lowest BCUT2D eigenvalue weighted by Crippen LogP contribution is -2.40. The Morgan fingerprint density at radius 2 is 2.20 bits per heavy atom. The third kappa shape index (κ3) is 4.30. The molecule has 0 radical (unpaired) electrons. The van der Waals surface area contributed by atoms with Gasteiger partial charge in [0.1, 0.15) is 0 Å². The molecule has 0 unspecified atom stereocenters. The zero-order chi connectivity index (χ0) is 14.8. The van der Waals surface area contributed by atoms with Gasteiger partial charge in [0, 0.05) is 12.6 Å². The van der Waals surface area contributed by atoms with Crippen LogP contribution in [0.15, 0.2) is 24.3 Å².